The molecule has 7 heteroatoms. The Labute approximate surface area is 195 Å². The number of aryl methyl sites for hydroxylation is 2. The van der Waals surface area contributed by atoms with Crippen LogP contribution in [0.1, 0.15) is 77.7 Å². The van der Waals surface area contributed by atoms with Gasteiger partial charge < -0.3 is 19.0 Å². The second kappa shape index (κ2) is 9.11. The Bertz CT molecular complexity index is 1070. The zero-order valence-corrected chi connectivity index (χ0v) is 19.8. The predicted molar refractivity (Wildman–Crippen MR) is 126 cm³/mol. The average molecular weight is 454 g/mol. The lowest BCUT2D eigenvalue weighted by Crippen LogP contribution is -2.57. The molecular formula is C26H35N3O4. The van der Waals surface area contributed by atoms with Gasteiger partial charge in [0.05, 0.1) is 19.8 Å². The van der Waals surface area contributed by atoms with E-state index in [1.165, 1.54) is 12.8 Å². The van der Waals surface area contributed by atoms with Crippen molar-refractivity contribution in [2.75, 3.05) is 32.8 Å². The summed E-state index contributed by atoms with van der Waals surface area (Å²) in [4.78, 5) is 29.1. The number of amides is 1. The summed E-state index contributed by atoms with van der Waals surface area (Å²) in [5.41, 5.74) is 1.87. The average Bonchev–Trinajstić information content (AvgIpc) is 3.38. The maximum atomic E-state index is 13.5. The van der Waals surface area contributed by atoms with Gasteiger partial charge in [-0.15, -0.1) is 0 Å². The number of aromatic nitrogens is 1. The van der Waals surface area contributed by atoms with Crippen molar-refractivity contribution in [1.82, 2.24) is 14.8 Å². The van der Waals surface area contributed by atoms with Crippen LogP contribution in [0.2, 0.25) is 0 Å². The van der Waals surface area contributed by atoms with Crippen molar-refractivity contribution in [2.24, 2.45) is 0 Å². The normalized spacial score (nSPS) is 20.8. The molecule has 0 aromatic carbocycles. The Morgan fingerprint density at radius 1 is 1.15 bits per heavy atom. The van der Waals surface area contributed by atoms with Gasteiger partial charge in [-0.25, -0.2) is 0 Å². The molecule has 0 atom stereocenters. The van der Waals surface area contributed by atoms with E-state index in [0.717, 1.165) is 74.9 Å². The van der Waals surface area contributed by atoms with E-state index in [1.807, 2.05) is 26.0 Å². The fourth-order valence-electron chi connectivity index (χ4n) is 5.75. The van der Waals surface area contributed by atoms with Crippen LogP contribution < -0.4 is 10.7 Å². The summed E-state index contributed by atoms with van der Waals surface area (Å²) < 4.78 is 13.5. The molecule has 0 unspecified atom stereocenters. The van der Waals surface area contributed by atoms with Crippen LogP contribution in [0.3, 0.4) is 0 Å². The number of hydrogen-bond acceptors (Lipinski definition) is 5. The van der Waals surface area contributed by atoms with E-state index >= 15 is 0 Å². The van der Waals surface area contributed by atoms with E-state index in [-0.39, 0.29) is 22.8 Å². The van der Waals surface area contributed by atoms with Gasteiger partial charge in [-0.3, -0.25) is 14.5 Å². The van der Waals surface area contributed by atoms with Crippen molar-refractivity contribution < 1.29 is 13.9 Å². The number of furan rings is 1. The number of carbonyl (C=O) groups excluding carboxylic acids is 1. The standard InChI is InChI=1S/C26H35N3O4/c1-18-15-22(30)23(24(20-6-7-20)29(18)16-21-8-5-19(2)33-21)25(31)27-17-26(9-3-4-10-26)28-11-13-32-14-12-28/h5,8,15,20H,3-4,6-7,9-14,16-17H2,1-2H3,(H,27,31). The monoisotopic (exact) mass is 453 g/mol. The number of morpholine rings is 1. The number of pyridine rings is 1. The first-order valence-electron chi connectivity index (χ1n) is 12.4. The third-order valence-electron chi connectivity index (χ3n) is 7.65. The van der Waals surface area contributed by atoms with Crippen LogP contribution in [-0.4, -0.2) is 53.8 Å². The van der Waals surface area contributed by atoms with Crippen LogP contribution in [-0.2, 0) is 11.3 Å². The number of rotatable bonds is 7. The Morgan fingerprint density at radius 3 is 2.52 bits per heavy atom. The van der Waals surface area contributed by atoms with Gasteiger partial charge in [-0.05, 0) is 51.7 Å². The Hall–Kier alpha value is -2.38. The van der Waals surface area contributed by atoms with Gasteiger partial charge >= 0.3 is 0 Å². The van der Waals surface area contributed by atoms with Gasteiger partial charge in [0.25, 0.3) is 5.91 Å². The van der Waals surface area contributed by atoms with Gasteiger partial charge in [-0.1, -0.05) is 12.8 Å². The summed E-state index contributed by atoms with van der Waals surface area (Å²) in [7, 11) is 0. The molecule has 178 valence electrons. The summed E-state index contributed by atoms with van der Waals surface area (Å²) in [6, 6.07) is 5.52. The molecule has 7 nitrogen and oxygen atoms in total. The summed E-state index contributed by atoms with van der Waals surface area (Å²) in [5, 5.41) is 3.20. The third kappa shape index (κ3) is 4.53. The zero-order valence-electron chi connectivity index (χ0n) is 19.8. The lowest BCUT2D eigenvalue weighted by Gasteiger charge is -2.43. The van der Waals surface area contributed by atoms with Gasteiger partial charge in [0.15, 0.2) is 5.43 Å². The molecule has 2 aromatic rings. The number of nitrogens with zero attached hydrogens (tertiary/aromatic N) is 2. The largest absolute Gasteiger partial charge is 0.464 e. The number of carbonyl (C=O) groups is 1. The highest BCUT2D eigenvalue weighted by atomic mass is 16.5. The predicted octanol–water partition coefficient (Wildman–Crippen LogP) is 3.36. The van der Waals surface area contributed by atoms with Gasteiger partial charge in [-0.2, -0.15) is 0 Å². The van der Waals surface area contributed by atoms with E-state index in [1.54, 1.807) is 6.07 Å². The first-order chi connectivity index (χ1) is 16.0. The van der Waals surface area contributed by atoms with Crippen molar-refractivity contribution in [3.63, 3.8) is 0 Å². The number of nitrogens with one attached hydrogen (secondary N) is 1. The summed E-state index contributed by atoms with van der Waals surface area (Å²) >= 11 is 0. The summed E-state index contributed by atoms with van der Waals surface area (Å²) in [6.45, 7) is 8.29. The molecule has 33 heavy (non-hydrogen) atoms. The Balaban J connectivity index is 1.42. The smallest absolute Gasteiger partial charge is 0.257 e. The van der Waals surface area contributed by atoms with E-state index in [9.17, 15) is 9.59 Å². The number of ether oxygens (including phenoxy) is 1. The van der Waals surface area contributed by atoms with Crippen molar-refractivity contribution >= 4 is 5.91 Å². The van der Waals surface area contributed by atoms with E-state index < -0.39 is 0 Å². The highest BCUT2D eigenvalue weighted by Gasteiger charge is 2.41. The van der Waals surface area contributed by atoms with Gasteiger partial charge in [0.1, 0.15) is 17.1 Å². The Morgan fingerprint density at radius 2 is 1.88 bits per heavy atom. The topological polar surface area (TPSA) is 76.7 Å². The van der Waals surface area contributed by atoms with E-state index in [0.29, 0.717) is 18.7 Å². The van der Waals surface area contributed by atoms with Crippen molar-refractivity contribution in [2.45, 2.75) is 70.4 Å². The van der Waals surface area contributed by atoms with Gasteiger partial charge in [0.2, 0.25) is 0 Å². The van der Waals surface area contributed by atoms with Crippen molar-refractivity contribution in [1.29, 1.82) is 0 Å². The van der Waals surface area contributed by atoms with Crippen molar-refractivity contribution in [3.05, 3.63) is 56.9 Å². The maximum absolute atomic E-state index is 13.5. The molecule has 0 spiro atoms. The molecule has 3 heterocycles. The molecule has 1 N–H and O–H groups in total. The first kappa shape index (κ1) is 22.4. The molecule has 1 amide bonds. The summed E-state index contributed by atoms with van der Waals surface area (Å²) in [5.74, 6) is 1.73. The molecule has 2 aromatic heterocycles. The lowest BCUT2D eigenvalue weighted by atomic mass is 9.94. The second-order valence-corrected chi connectivity index (χ2v) is 10.00. The maximum Gasteiger partial charge on any atom is 0.257 e. The molecule has 2 aliphatic carbocycles. The van der Waals surface area contributed by atoms with Crippen LogP contribution in [0, 0.1) is 13.8 Å². The molecule has 0 radical (unpaired) electrons. The van der Waals surface area contributed by atoms with Gasteiger partial charge in [0, 0.05) is 48.5 Å². The first-order valence-corrected chi connectivity index (χ1v) is 12.4. The van der Waals surface area contributed by atoms with Crippen LogP contribution in [0.4, 0.5) is 0 Å². The van der Waals surface area contributed by atoms with Crippen molar-refractivity contribution in [3.8, 4) is 0 Å². The fraction of sp³-hybridized carbons (Fsp3) is 0.615. The van der Waals surface area contributed by atoms with E-state index in [4.69, 9.17) is 9.15 Å². The second-order valence-electron chi connectivity index (χ2n) is 10.00. The van der Waals surface area contributed by atoms with Crippen LogP contribution in [0.25, 0.3) is 0 Å². The Kier molecular flexibility index (Phi) is 6.18. The van der Waals surface area contributed by atoms with Crippen LogP contribution >= 0.6 is 0 Å². The molecule has 3 fully saturated rings. The lowest BCUT2D eigenvalue weighted by molar-refractivity contribution is -0.0199. The molecular weight excluding hydrogens is 418 g/mol. The molecule has 0 bridgehead atoms. The molecule has 5 rings (SSSR count). The quantitative estimate of drug-likeness (QED) is 0.696. The molecule has 3 aliphatic rings. The van der Waals surface area contributed by atoms with Crippen LogP contribution in [0.15, 0.2) is 27.4 Å². The minimum atomic E-state index is -0.231. The molecule has 1 saturated heterocycles. The SMILES string of the molecule is Cc1ccc(Cn2c(C)cc(=O)c(C(=O)NCC3(N4CCOCC4)CCCC3)c2C2CC2)o1. The highest BCUT2D eigenvalue weighted by molar-refractivity contribution is 5.95. The fourth-order valence-corrected chi connectivity index (χ4v) is 5.75. The van der Waals surface area contributed by atoms with Crippen LogP contribution in [0.5, 0.6) is 0 Å². The van der Waals surface area contributed by atoms with E-state index in [2.05, 4.69) is 14.8 Å². The zero-order chi connectivity index (χ0) is 23.0. The number of hydrogen-bond donors (Lipinski definition) is 1. The molecule has 2 saturated carbocycles. The molecule has 1 aliphatic heterocycles. The minimum absolute atomic E-state index is 0.0192. The summed E-state index contributed by atoms with van der Waals surface area (Å²) in [6.07, 6.45) is 6.55. The minimum Gasteiger partial charge on any atom is -0.464 e. The highest BCUT2D eigenvalue weighted by Crippen LogP contribution is 2.42. The third-order valence-corrected chi connectivity index (χ3v) is 7.65.